The van der Waals surface area contributed by atoms with E-state index in [1.54, 1.807) is 11.3 Å². The van der Waals surface area contributed by atoms with Gasteiger partial charge in [-0.3, -0.25) is 0 Å². The molecule has 14 heavy (non-hydrogen) atoms. The van der Waals surface area contributed by atoms with Gasteiger partial charge in [-0.05, 0) is 53.6 Å². The standard InChI is InChI=1S/C12H19NS/c1-9(10-4-5-14-8-10)13-7-11-6-12(11,2)3/h4-5,8-9,11,13H,6-7H2,1-3H3. The third kappa shape index (κ3) is 2.18. The van der Waals surface area contributed by atoms with Crippen LogP contribution in [0.2, 0.25) is 0 Å². The normalized spacial score (nSPS) is 26.1. The van der Waals surface area contributed by atoms with Gasteiger partial charge in [0.25, 0.3) is 0 Å². The Morgan fingerprint density at radius 3 is 2.86 bits per heavy atom. The first kappa shape index (κ1) is 10.2. The quantitative estimate of drug-likeness (QED) is 0.801. The average Bonchev–Trinajstić information content (AvgIpc) is 2.58. The predicted molar refractivity (Wildman–Crippen MR) is 62.6 cm³/mol. The zero-order chi connectivity index (χ0) is 10.2. The van der Waals surface area contributed by atoms with Gasteiger partial charge in [0.05, 0.1) is 0 Å². The van der Waals surface area contributed by atoms with Gasteiger partial charge in [0.15, 0.2) is 0 Å². The lowest BCUT2D eigenvalue weighted by atomic mass is 10.1. The fourth-order valence-corrected chi connectivity index (χ4v) is 2.64. The van der Waals surface area contributed by atoms with Crippen LogP contribution in [-0.2, 0) is 0 Å². The van der Waals surface area contributed by atoms with E-state index in [4.69, 9.17) is 0 Å². The molecule has 1 aromatic rings. The topological polar surface area (TPSA) is 12.0 Å². The summed E-state index contributed by atoms with van der Waals surface area (Å²) >= 11 is 1.78. The molecule has 0 amide bonds. The Bertz CT molecular complexity index is 289. The van der Waals surface area contributed by atoms with Crippen molar-refractivity contribution in [1.82, 2.24) is 5.32 Å². The Morgan fingerprint density at radius 1 is 1.64 bits per heavy atom. The zero-order valence-corrected chi connectivity index (χ0v) is 10.0. The Kier molecular flexibility index (Phi) is 2.67. The molecule has 2 unspecified atom stereocenters. The molecular weight excluding hydrogens is 190 g/mol. The first-order valence-electron chi connectivity index (χ1n) is 5.35. The molecule has 1 nitrogen and oxygen atoms in total. The highest BCUT2D eigenvalue weighted by Crippen LogP contribution is 2.51. The van der Waals surface area contributed by atoms with Crippen molar-refractivity contribution in [3.05, 3.63) is 22.4 Å². The molecule has 1 aliphatic carbocycles. The number of nitrogens with one attached hydrogen (secondary N) is 1. The lowest BCUT2D eigenvalue weighted by molar-refractivity contribution is 0.485. The Balaban J connectivity index is 1.77. The van der Waals surface area contributed by atoms with Gasteiger partial charge in [0, 0.05) is 6.04 Å². The van der Waals surface area contributed by atoms with E-state index < -0.39 is 0 Å². The molecule has 0 radical (unpaired) electrons. The number of hydrogen-bond donors (Lipinski definition) is 1. The fourth-order valence-electron chi connectivity index (χ4n) is 1.88. The van der Waals surface area contributed by atoms with Crippen LogP contribution in [0.5, 0.6) is 0 Å². The Hall–Kier alpha value is -0.340. The van der Waals surface area contributed by atoms with Crippen molar-refractivity contribution in [3.8, 4) is 0 Å². The van der Waals surface area contributed by atoms with E-state index in [1.807, 2.05) is 0 Å². The first-order valence-corrected chi connectivity index (χ1v) is 6.29. The molecule has 0 bridgehead atoms. The van der Waals surface area contributed by atoms with Crippen molar-refractivity contribution in [2.45, 2.75) is 33.2 Å². The van der Waals surface area contributed by atoms with Gasteiger partial charge in [-0.1, -0.05) is 13.8 Å². The second-order valence-electron chi connectivity index (χ2n) is 5.08. The summed E-state index contributed by atoms with van der Waals surface area (Å²) in [5.74, 6) is 0.892. The van der Waals surface area contributed by atoms with E-state index in [1.165, 1.54) is 18.5 Å². The van der Waals surface area contributed by atoms with Crippen molar-refractivity contribution in [3.63, 3.8) is 0 Å². The van der Waals surface area contributed by atoms with Crippen molar-refractivity contribution >= 4 is 11.3 Å². The first-order chi connectivity index (χ1) is 6.59. The summed E-state index contributed by atoms with van der Waals surface area (Å²) in [5.41, 5.74) is 2.02. The second kappa shape index (κ2) is 3.67. The smallest absolute Gasteiger partial charge is 0.0300 e. The molecule has 2 atom stereocenters. The number of hydrogen-bond acceptors (Lipinski definition) is 2. The largest absolute Gasteiger partial charge is 0.310 e. The van der Waals surface area contributed by atoms with Crippen molar-refractivity contribution < 1.29 is 0 Å². The maximum atomic E-state index is 3.61. The highest BCUT2D eigenvalue weighted by Gasteiger charge is 2.44. The summed E-state index contributed by atoms with van der Waals surface area (Å²) in [6.45, 7) is 8.13. The monoisotopic (exact) mass is 209 g/mol. The zero-order valence-electron chi connectivity index (χ0n) is 9.21. The van der Waals surface area contributed by atoms with Crippen LogP contribution in [0.3, 0.4) is 0 Å². The van der Waals surface area contributed by atoms with E-state index in [2.05, 4.69) is 42.9 Å². The highest BCUT2D eigenvalue weighted by atomic mass is 32.1. The summed E-state index contributed by atoms with van der Waals surface area (Å²) in [5, 5.41) is 7.99. The van der Waals surface area contributed by atoms with E-state index in [0.29, 0.717) is 11.5 Å². The molecule has 1 heterocycles. The maximum absolute atomic E-state index is 3.61. The van der Waals surface area contributed by atoms with Crippen LogP contribution in [0, 0.1) is 11.3 Å². The van der Waals surface area contributed by atoms with Gasteiger partial charge in [0.2, 0.25) is 0 Å². The van der Waals surface area contributed by atoms with Crippen LogP contribution in [0.15, 0.2) is 16.8 Å². The predicted octanol–water partition coefficient (Wildman–Crippen LogP) is 3.44. The molecule has 0 saturated heterocycles. The van der Waals surface area contributed by atoms with Gasteiger partial charge in [0.1, 0.15) is 0 Å². The minimum Gasteiger partial charge on any atom is -0.310 e. The Labute approximate surface area is 90.5 Å². The van der Waals surface area contributed by atoms with Gasteiger partial charge in [-0.2, -0.15) is 11.3 Å². The van der Waals surface area contributed by atoms with E-state index >= 15 is 0 Å². The SMILES string of the molecule is CC(NCC1CC1(C)C)c1ccsc1. The summed E-state index contributed by atoms with van der Waals surface area (Å²) in [7, 11) is 0. The summed E-state index contributed by atoms with van der Waals surface area (Å²) in [4.78, 5) is 0. The van der Waals surface area contributed by atoms with Crippen LogP contribution in [0.25, 0.3) is 0 Å². The molecular formula is C12H19NS. The summed E-state index contributed by atoms with van der Waals surface area (Å²) < 4.78 is 0. The molecule has 0 aromatic carbocycles. The van der Waals surface area contributed by atoms with E-state index in [9.17, 15) is 0 Å². The molecule has 1 N–H and O–H groups in total. The van der Waals surface area contributed by atoms with Gasteiger partial charge >= 0.3 is 0 Å². The van der Waals surface area contributed by atoms with Gasteiger partial charge < -0.3 is 5.32 Å². The third-order valence-corrected chi connectivity index (χ3v) is 4.13. The number of rotatable bonds is 4. The van der Waals surface area contributed by atoms with Crippen LogP contribution >= 0.6 is 11.3 Å². The molecule has 2 rings (SSSR count). The minimum atomic E-state index is 0.512. The molecule has 2 heteroatoms. The molecule has 1 aromatic heterocycles. The molecule has 1 saturated carbocycles. The van der Waals surface area contributed by atoms with E-state index in [-0.39, 0.29) is 0 Å². The lowest BCUT2D eigenvalue weighted by Gasteiger charge is -2.13. The second-order valence-corrected chi connectivity index (χ2v) is 5.86. The lowest BCUT2D eigenvalue weighted by Crippen LogP contribution is -2.22. The maximum Gasteiger partial charge on any atom is 0.0300 e. The van der Waals surface area contributed by atoms with Crippen molar-refractivity contribution in [2.24, 2.45) is 11.3 Å². The number of thiophene rings is 1. The van der Waals surface area contributed by atoms with Gasteiger partial charge in [-0.25, -0.2) is 0 Å². The van der Waals surface area contributed by atoms with Crippen LogP contribution in [-0.4, -0.2) is 6.54 Å². The van der Waals surface area contributed by atoms with Crippen molar-refractivity contribution in [2.75, 3.05) is 6.54 Å². The summed E-state index contributed by atoms with van der Waals surface area (Å²) in [6.07, 6.45) is 1.39. The van der Waals surface area contributed by atoms with Crippen molar-refractivity contribution in [1.29, 1.82) is 0 Å². The highest BCUT2D eigenvalue weighted by molar-refractivity contribution is 7.07. The van der Waals surface area contributed by atoms with E-state index in [0.717, 1.165) is 5.92 Å². The third-order valence-electron chi connectivity index (χ3n) is 3.43. The molecule has 0 aliphatic heterocycles. The Morgan fingerprint density at radius 2 is 2.36 bits per heavy atom. The van der Waals surface area contributed by atoms with Gasteiger partial charge in [-0.15, -0.1) is 0 Å². The van der Waals surface area contributed by atoms with Crippen LogP contribution < -0.4 is 5.32 Å². The minimum absolute atomic E-state index is 0.512. The molecule has 78 valence electrons. The average molecular weight is 209 g/mol. The molecule has 0 spiro atoms. The molecule has 1 aliphatic rings. The van der Waals surface area contributed by atoms with Crippen LogP contribution in [0.1, 0.15) is 38.8 Å². The fraction of sp³-hybridized carbons (Fsp3) is 0.667. The summed E-state index contributed by atoms with van der Waals surface area (Å²) in [6, 6.07) is 2.72. The molecule has 1 fully saturated rings. The van der Waals surface area contributed by atoms with Crippen LogP contribution in [0.4, 0.5) is 0 Å².